The Balaban J connectivity index is 1.51. The molecule has 1 N–H and O–H groups in total. The third kappa shape index (κ3) is 5.30. The molecule has 4 aromatic carbocycles. The zero-order valence-electron chi connectivity index (χ0n) is 16.8. The summed E-state index contributed by atoms with van der Waals surface area (Å²) in [5, 5.41) is 2.60. The molecule has 0 fully saturated rings. The predicted octanol–water partition coefficient (Wildman–Crippen LogP) is 6.39. The molecule has 4 aromatic rings. The van der Waals surface area contributed by atoms with E-state index in [2.05, 4.69) is 5.32 Å². The van der Waals surface area contributed by atoms with E-state index in [4.69, 9.17) is 0 Å². The fraction of sp³-hybridized carbons (Fsp3) is 0.0370. The van der Waals surface area contributed by atoms with Crippen molar-refractivity contribution in [2.45, 2.75) is 10.1 Å². The van der Waals surface area contributed by atoms with Gasteiger partial charge in [0.25, 0.3) is 0 Å². The number of ketones is 1. The van der Waals surface area contributed by atoms with Gasteiger partial charge in [-0.25, -0.2) is 0 Å². The smallest absolute Gasteiger partial charge is 0.242 e. The summed E-state index contributed by atoms with van der Waals surface area (Å²) in [7, 11) is 0. The molecular formula is C27H21NO2S. The van der Waals surface area contributed by atoms with Gasteiger partial charge < -0.3 is 5.32 Å². The van der Waals surface area contributed by atoms with Crippen molar-refractivity contribution in [3.8, 4) is 0 Å². The molecular weight excluding hydrogens is 402 g/mol. The van der Waals surface area contributed by atoms with Gasteiger partial charge >= 0.3 is 0 Å². The summed E-state index contributed by atoms with van der Waals surface area (Å²) in [6, 6.07) is 35.8. The number of anilines is 1. The number of amides is 1. The van der Waals surface area contributed by atoms with Crippen molar-refractivity contribution in [2.24, 2.45) is 0 Å². The van der Waals surface area contributed by atoms with Gasteiger partial charge in [0, 0.05) is 21.7 Å². The normalized spacial score (nSPS) is 11.5. The van der Waals surface area contributed by atoms with Crippen molar-refractivity contribution in [3.05, 3.63) is 132 Å². The third-order valence-electron chi connectivity index (χ3n) is 4.79. The Morgan fingerprint density at radius 1 is 0.613 bits per heavy atom. The third-order valence-corrected chi connectivity index (χ3v) is 6.05. The van der Waals surface area contributed by atoms with Crippen molar-refractivity contribution < 1.29 is 9.59 Å². The molecule has 1 amide bonds. The van der Waals surface area contributed by atoms with Crippen LogP contribution < -0.4 is 5.32 Å². The lowest BCUT2D eigenvalue weighted by molar-refractivity contribution is -0.115. The van der Waals surface area contributed by atoms with E-state index in [0.717, 1.165) is 10.5 Å². The molecule has 1 atom stereocenters. The number of nitrogens with one attached hydrogen (secondary N) is 1. The SMILES string of the molecule is O=C(c1ccccc1)c1ccc(NC(=O)[C@H](Sc2ccccc2)c2ccccc2)cc1. The van der Waals surface area contributed by atoms with Gasteiger partial charge in [0.05, 0.1) is 0 Å². The number of carbonyl (C=O) groups excluding carboxylic acids is 2. The largest absolute Gasteiger partial charge is 0.325 e. The molecule has 0 aromatic heterocycles. The second kappa shape index (κ2) is 9.92. The Hall–Kier alpha value is -3.63. The number of carbonyl (C=O) groups is 2. The minimum absolute atomic E-state index is 0.0414. The van der Waals surface area contributed by atoms with Crippen LogP contribution in [0.1, 0.15) is 26.7 Å². The van der Waals surface area contributed by atoms with Gasteiger partial charge in [-0.3, -0.25) is 9.59 Å². The molecule has 0 aliphatic rings. The highest BCUT2D eigenvalue weighted by atomic mass is 32.2. The second-order valence-electron chi connectivity index (χ2n) is 6.98. The number of hydrogen-bond acceptors (Lipinski definition) is 3. The molecule has 31 heavy (non-hydrogen) atoms. The minimum Gasteiger partial charge on any atom is -0.325 e. The van der Waals surface area contributed by atoms with E-state index < -0.39 is 5.25 Å². The lowest BCUT2D eigenvalue weighted by Crippen LogP contribution is -2.19. The van der Waals surface area contributed by atoms with Crippen LogP contribution in [0.15, 0.2) is 120 Å². The molecule has 4 rings (SSSR count). The fourth-order valence-electron chi connectivity index (χ4n) is 3.20. The summed E-state index contributed by atoms with van der Waals surface area (Å²) in [5.41, 5.74) is 2.82. The van der Waals surface area contributed by atoms with Crippen molar-refractivity contribution in [1.29, 1.82) is 0 Å². The molecule has 0 bridgehead atoms. The predicted molar refractivity (Wildman–Crippen MR) is 126 cm³/mol. The maximum atomic E-state index is 13.2. The maximum Gasteiger partial charge on any atom is 0.242 e. The summed E-state index contributed by atoms with van der Waals surface area (Å²) >= 11 is 1.51. The van der Waals surface area contributed by atoms with Gasteiger partial charge in [-0.2, -0.15) is 0 Å². The number of hydrogen-bond donors (Lipinski definition) is 1. The minimum atomic E-state index is -0.394. The topological polar surface area (TPSA) is 46.2 Å². The lowest BCUT2D eigenvalue weighted by atomic mass is 10.0. The number of rotatable bonds is 7. The number of benzene rings is 4. The summed E-state index contributed by atoms with van der Waals surface area (Å²) in [4.78, 5) is 26.8. The first kappa shape index (κ1) is 20.6. The molecule has 4 heteroatoms. The zero-order chi connectivity index (χ0) is 21.5. The van der Waals surface area contributed by atoms with Crippen LogP contribution in [0.4, 0.5) is 5.69 Å². The van der Waals surface area contributed by atoms with Crippen LogP contribution in [0.25, 0.3) is 0 Å². The lowest BCUT2D eigenvalue weighted by Gasteiger charge is -2.17. The van der Waals surface area contributed by atoms with E-state index >= 15 is 0 Å². The van der Waals surface area contributed by atoms with Gasteiger partial charge in [0.1, 0.15) is 5.25 Å². The maximum absolute atomic E-state index is 13.2. The summed E-state index contributed by atoms with van der Waals surface area (Å²) < 4.78 is 0. The first-order valence-electron chi connectivity index (χ1n) is 9.98. The molecule has 3 nitrogen and oxygen atoms in total. The van der Waals surface area contributed by atoms with E-state index in [1.165, 1.54) is 11.8 Å². The van der Waals surface area contributed by atoms with Gasteiger partial charge in [-0.1, -0.05) is 78.9 Å². The quantitative estimate of drug-likeness (QED) is 0.277. The van der Waals surface area contributed by atoms with Gasteiger partial charge in [-0.05, 0) is 42.0 Å². The highest BCUT2D eigenvalue weighted by Crippen LogP contribution is 2.36. The molecule has 0 heterocycles. The van der Waals surface area contributed by atoms with Crippen molar-refractivity contribution in [2.75, 3.05) is 5.32 Å². The van der Waals surface area contributed by atoms with Crippen molar-refractivity contribution in [1.82, 2.24) is 0 Å². The average molecular weight is 424 g/mol. The van der Waals surface area contributed by atoms with E-state index in [9.17, 15) is 9.59 Å². The Labute approximate surface area is 186 Å². The molecule has 0 saturated carbocycles. The van der Waals surface area contributed by atoms with Gasteiger partial charge in [-0.15, -0.1) is 11.8 Å². The molecule has 152 valence electrons. The zero-order valence-corrected chi connectivity index (χ0v) is 17.6. The van der Waals surface area contributed by atoms with Gasteiger partial charge in [0.15, 0.2) is 5.78 Å². The summed E-state index contributed by atoms with van der Waals surface area (Å²) in [6.45, 7) is 0. The Morgan fingerprint density at radius 3 is 1.74 bits per heavy atom. The van der Waals surface area contributed by atoms with Crippen LogP contribution in [0.3, 0.4) is 0 Å². The molecule has 0 aliphatic heterocycles. The van der Waals surface area contributed by atoms with Gasteiger partial charge in [0.2, 0.25) is 5.91 Å². The van der Waals surface area contributed by atoms with E-state index in [0.29, 0.717) is 16.8 Å². The fourth-order valence-corrected chi connectivity index (χ4v) is 4.25. The molecule has 0 aliphatic carbocycles. The molecule has 0 radical (unpaired) electrons. The van der Waals surface area contributed by atoms with Crippen molar-refractivity contribution >= 4 is 29.1 Å². The Bertz CT molecular complexity index is 1140. The number of thioether (sulfide) groups is 1. The molecule has 0 spiro atoms. The van der Waals surface area contributed by atoms with Crippen LogP contribution in [-0.2, 0) is 4.79 Å². The monoisotopic (exact) mass is 423 g/mol. The van der Waals surface area contributed by atoms with Crippen LogP contribution in [0, 0.1) is 0 Å². The molecule has 0 saturated heterocycles. The molecule has 0 unspecified atom stereocenters. The second-order valence-corrected chi connectivity index (χ2v) is 8.16. The first-order valence-corrected chi connectivity index (χ1v) is 10.9. The Kier molecular flexibility index (Phi) is 6.60. The average Bonchev–Trinajstić information content (AvgIpc) is 2.84. The Morgan fingerprint density at radius 2 is 1.13 bits per heavy atom. The van der Waals surface area contributed by atoms with E-state index in [1.54, 1.807) is 36.4 Å². The van der Waals surface area contributed by atoms with Crippen LogP contribution >= 0.6 is 11.8 Å². The van der Waals surface area contributed by atoms with Crippen molar-refractivity contribution in [3.63, 3.8) is 0 Å². The van der Waals surface area contributed by atoms with E-state index in [1.807, 2.05) is 78.9 Å². The standard InChI is InChI=1S/C27H21NO2S/c29-25(20-10-4-1-5-11-20)21-16-18-23(19-17-21)28-27(30)26(22-12-6-2-7-13-22)31-24-14-8-3-9-15-24/h1-19,26H,(H,28,30)/t26-/m1/s1. The van der Waals surface area contributed by atoms with E-state index in [-0.39, 0.29) is 11.7 Å². The summed E-state index contributed by atoms with van der Waals surface area (Å²) in [5.74, 6) is -0.150. The van der Waals surface area contributed by atoms with Crippen LogP contribution in [-0.4, -0.2) is 11.7 Å². The summed E-state index contributed by atoms with van der Waals surface area (Å²) in [6.07, 6.45) is 0. The highest BCUT2D eigenvalue weighted by Gasteiger charge is 2.22. The van der Waals surface area contributed by atoms with Crippen LogP contribution in [0.5, 0.6) is 0 Å². The highest BCUT2D eigenvalue weighted by molar-refractivity contribution is 8.00. The van der Waals surface area contributed by atoms with Crippen LogP contribution in [0.2, 0.25) is 0 Å². The first-order chi connectivity index (χ1) is 15.2.